The van der Waals surface area contributed by atoms with Crippen LogP contribution in [0, 0.1) is 5.92 Å². The Balaban J connectivity index is 1.93. The van der Waals surface area contributed by atoms with Crippen molar-refractivity contribution in [2.45, 2.75) is 32.2 Å². The van der Waals surface area contributed by atoms with Crippen molar-refractivity contribution in [2.75, 3.05) is 20.8 Å². The molecule has 1 atom stereocenters. The van der Waals surface area contributed by atoms with Gasteiger partial charge in [-0.2, -0.15) is 0 Å². The number of rotatable bonds is 7. The number of ether oxygens (including phenoxy) is 2. The highest BCUT2D eigenvalue weighted by atomic mass is 16.5. The van der Waals surface area contributed by atoms with Gasteiger partial charge in [-0.1, -0.05) is 13.0 Å². The van der Waals surface area contributed by atoms with Gasteiger partial charge in [-0.05, 0) is 43.4 Å². The molecular formula is C15H23NO2. The molecule has 0 amide bonds. The van der Waals surface area contributed by atoms with E-state index >= 15 is 0 Å². The molecule has 2 rings (SSSR count). The Kier molecular flexibility index (Phi) is 4.48. The van der Waals surface area contributed by atoms with E-state index in [0.717, 1.165) is 30.5 Å². The van der Waals surface area contributed by atoms with Crippen LogP contribution in [-0.4, -0.2) is 26.8 Å². The predicted octanol–water partition coefficient (Wildman–Crippen LogP) is 2.63. The molecule has 1 aromatic carbocycles. The van der Waals surface area contributed by atoms with Crippen LogP contribution in [0.1, 0.15) is 25.3 Å². The van der Waals surface area contributed by atoms with Gasteiger partial charge in [-0.3, -0.25) is 0 Å². The van der Waals surface area contributed by atoms with Gasteiger partial charge >= 0.3 is 0 Å². The predicted molar refractivity (Wildman–Crippen MR) is 73.4 cm³/mol. The van der Waals surface area contributed by atoms with Crippen molar-refractivity contribution < 1.29 is 9.47 Å². The van der Waals surface area contributed by atoms with Gasteiger partial charge in [-0.25, -0.2) is 0 Å². The fourth-order valence-electron chi connectivity index (χ4n) is 2.12. The normalized spacial score (nSPS) is 16.4. The lowest BCUT2D eigenvalue weighted by atomic mass is 10.00. The second-order valence-electron chi connectivity index (χ2n) is 5.17. The number of benzene rings is 1. The van der Waals surface area contributed by atoms with Crippen LogP contribution in [0.3, 0.4) is 0 Å². The molecule has 1 fully saturated rings. The summed E-state index contributed by atoms with van der Waals surface area (Å²) in [7, 11) is 3.39. The van der Waals surface area contributed by atoms with Crippen molar-refractivity contribution in [2.24, 2.45) is 5.92 Å². The summed E-state index contributed by atoms with van der Waals surface area (Å²) in [5, 5.41) is 3.57. The number of hydrogen-bond acceptors (Lipinski definition) is 3. The molecular weight excluding hydrogens is 226 g/mol. The SMILES string of the molecule is COc1ccc(CC(C)CNC2CC2)c(OC)c1. The third-order valence-corrected chi connectivity index (χ3v) is 3.39. The summed E-state index contributed by atoms with van der Waals surface area (Å²) in [6.45, 7) is 3.36. The van der Waals surface area contributed by atoms with E-state index in [2.05, 4.69) is 18.3 Å². The fourth-order valence-corrected chi connectivity index (χ4v) is 2.12. The Morgan fingerprint density at radius 1 is 1.28 bits per heavy atom. The third-order valence-electron chi connectivity index (χ3n) is 3.39. The first-order valence-electron chi connectivity index (χ1n) is 6.67. The first kappa shape index (κ1) is 13.2. The monoisotopic (exact) mass is 249 g/mol. The average molecular weight is 249 g/mol. The fraction of sp³-hybridized carbons (Fsp3) is 0.600. The van der Waals surface area contributed by atoms with Gasteiger partial charge in [0.2, 0.25) is 0 Å². The zero-order valence-corrected chi connectivity index (χ0v) is 11.5. The molecule has 0 radical (unpaired) electrons. The highest BCUT2D eigenvalue weighted by Crippen LogP contribution is 2.27. The van der Waals surface area contributed by atoms with Crippen molar-refractivity contribution in [1.82, 2.24) is 5.32 Å². The molecule has 1 N–H and O–H groups in total. The summed E-state index contributed by atoms with van der Waals surface area (Å²) in [5.74, 6) is 2.39. The quantitative estimate of drug-likeness (QED) is 0.806. The number of nitrogens with one attached hydrogen (secondary N) is 1. The number of hydrogen-bond donors (Lipinski definition) is 1. The summed E-state index contributed by atoms with van der Waals surface area (Å²) < 4.78 is 10.6. The van der Waals surface area contributed by atoms with Crippen molar-refractivity contribution >= 4 is 0 Å². The highest BCUT2D eigenvalue weighted by molar-refractivity contribution is 5.40. The molecule has 18 heavy (non-hydrogen) atoms. The van der Waals surface area contributed by atoms with Crippen LogP contribution in [0.25, 0.3) is 0 Å². The largest absolute Gasteiger partial charge is 0.497 e. The molecule has 3 nitrogen and oxygen atoms in total. The van der Waals surface area contributed by atoms with E-state index in [1.165, 1.54) is 18.4 Å². The molecule has 1 unspecified atom stereocenters. The van der Waals surface area contributed by atoms with Gasteiger partial charge in [0, 0.05) is 12.1 Å². The summed E-state index contributed by atoms with van der Waals surface area (Å²) in [6.07, 6.45) is 3.73. The van der Waals surface area contributed by atoms with Crippen LogP contribution in [0.2, 0.25) is 0 Å². The molecule has 0 heterocycles. The maximum absolute atomic E-state index is 5.43. The summed E-state index contributed by atoms with van der Waals surface area (Å²) in [4.78, 5) is 0. The molecule has 0 spiro atoms. The minimum Gasteiger partial charge on any atom is -0.497 e. The first-order valence-corrected chi connectivity index (χ1v) is 6.67. The molecule has 0 aliphatic heterocycles. The summed E-state index contributed by atoms with van der Waals surface area (Å²) in [5.41, 5.74) is 1.25. The Hall–Kier alpha value is -1.22. The zero-order chi connectivity index (χ0) is 13.0. The smallest absolute Gasteiger partial charge is 0.125 e. The van der Waals surface area contributed by atoms with Crippen LogP contribution in [0.5, 0.6) is 11.5 Å². The maximum atomic E-state index is 5.43. The lowest BCUT2D eigenvalue weighted by Crippen LogP contribution is -2.24. The van der Waals surface area contributed by atoms with E-state index in [9.17, 15) is 0 Å². The van der Waals surface area contributed by atoms with Crippen LogP contribution in [0.15, 0.2) is 18.2 Å². The van der Waals surface area contributed by atoms with Gasteiger partial charge in [-0.15, -0.1) is 0 Å². The number of methoxy groups -OCH3 is 2. The maximum Gasteiger partial charge on any atom is 0.125 e. The molecule has 100 valence electrons. The zero-order valence-electron chi connectivity index (χ0n) is 11.5. The van der Waals surface area contributed by atoms with Crippen molar-refractivity contribution in [3.05, 3.63) is 23.8 Å². The molecule has 0 saturated heterocycles. The van der Waals surface area contributed by atoms with E-state index in [1.807, 2.05) is 12.1 Å². The standard InChI is InChI=1S/C15H23NO2/c1-11(10-16-13-5-6-13)8-12-4-7-14(17-2)9-15(12)18-3/h4,7,9,11,13,16H,5-6,8,10H2,1-3H3. The van der Waals surface area contributed by atoms with E-state index < -0.39 is 0 Å². The third kappa shape index (κ3) is 3.64. The molecule has 1 aliphatic carbocycles. The lowest BCUT2D eigenvalue weighted by molar-refractivity contribution is 0.387. The van der Waals surface area contributed by atoms with Gasteiger partial charge < -0.3 is 14.8 Å². The Labute approximate surface area is 109 Å². The molecule has 0 bridgehead atoms. The van der Waals surface area contributed by atoms with Gasteiger partial charge in [0.15, 0.2) is 0 Å². The minimum absolute atomic E-state index is 0.618. The molecule has 1 aliphatic rings. The summed E-state index contributed by atoms with van der Waals surface area (Å²) >= 11 is 0. The van der Waals surface area contributed by atoms with Gasteiger partial charge in [0.25, 0.3) is 0 Å². The van der Waals surface area contributed by atoms with E-state index in [1.54, 1.807) is 14.2 Å². The highest BCUT2D eigenvalue weighted by Gasteiger charge is 2.21. The van der Waals surface area contributed by atoms with Gasteiger partial charge in [0.05, 0.1) is 14.2 Å². The topological polar surface area (TPSA) is 30.5 Å². The Bertz CT molecular complexity index is 388. The van der Waals surface area contributed by atoms with E-state index in [-0.39, 0.29) is 0 Å². The van der Waals surface area contributed by atoms with Crippen molar-refractivity contribution in [1.29, 1.82) is 0 Å². The summed E-state index contributed by atoms with van der Waals surface area (Å²) in [6, 6.07) is 6.84. The molecule has 1 aromatic rings. The second-order valence-corrected chi connectivity index (χ2v) is 5.17. The first-order chi connectivity index (χ1) is 8.72. The minimum atomic E-state index is 0.618. The molecule has 1 saturated carbocycles. The van der Waals surface area contributed by atoms with Crippen LogP contribution < -0.4 is 14.8 Å². The molecule has 0 aromatic heterocycles. The Morgan fingerprint density at radius 2 is 2.06 bits per heavy atom. The van der Waals surface area contributed by atoms with Crippen LogP contribution in [0.4, 0.5) is 0 Å². The average Bonchev–Trinajstić information content (AvgIpc) is 3.21. The molecule has 3 heteroatoms. The van der Waals surface area contributed by atoms with E-state index in [0.29, 0.717) is 5.92 Å². The Morgan fingerprint density at radius 3 is 2.67 bits per heavy atom. The van der Waals surface area contributed by atoms with Crippen molar-refractivity contribution in [3.8, 4) is 11.5 Å². The van der Waals surface area contributed by atoms with Crippen LogP contribution >= 0.6 is 0 Å². The lowest BCUT2D eigenvalue weighted by Gasteiger charge is -2.15. The van der Waals surface area contributed by atoms with Crippen molar-refractivity contribution in [3.63, 3.8) is 0 Å². The second kappa shape index (κ2) is 6.10. The van der Waals surface area contributed by atoms with Gasteiger partial charge in [0.1, 0.15) is 11.5 Å². The van der Waals surface area contributed by atoms with E-state index in [4.69, 9.17) is 9.47 Å². The van der Waals surface area contributed by atoms with Crippen LogP contribution in [-0.2, 0) is 6.42 Å².